The minimum atomic E-state index is -1.51. The molecule has 2 N–H and O–H groups in total. The van der Waals surface area contributed by atoms with Crippen molar-refractivity contribution in [2.75, 3.05) is 33.4 Å². The van der Waals surface area contributed by atoms with Crippen LogP contribution in [-0.4, -0.2) is 69.8 Å². The zero-order valence-corrected chi connectivity index (χ0v) is 21.8. The van der Waals surface area contributed by atoms with E-state index < -0.39 is 17.5 Å². The number of likely N-dealkylation sites (tertiary alicyclic amines) is 1. The van der Waals surface area contributed by atoms with E-state index in [1.165, 1.54) is 12.1 Å². The lowest BCUT2D eigenvalue weighted by molar-refractivity contribution is -0.140. The van der Waals surface area contributed by atoms with Crippen LogP contribution in [0.25, 0.3) is 0 Å². The minimum absolute atomic E-state index is 0.00869. The van der Waals surface area contributed by atoms with Gasteiger partial charge in [-0.2, -0.15) is 0 Å². The van der Waals surface area contributed by atoms with Gasteiger partial charge in [-0.25, -0.2) is 9.37 Å². The normalized spacial score (nSPS) is 20.1. The summed E-state index contributed by atoms with van der Waals surface area (Å²) in [6.07, 6.45) is 4.01. The first-order chi connectivity index (χ1) is 17.8. The van der Waals surface area contributed by atoms with Crippen LogP contribution in [0.3, 0.4) is 0 Å². The third-order valence-electron chi connectivity index (χ3n) is 6.56. The quantitative estimate of drug-likeness (QED) is 0.388. The molecule has 0 radical (unpaired) electrons. The maximum atomic E-state index is 13.7. The van der Waals surface area contributed by atoms with Crippen LogP contribution >= 0.6 is 11.6 Å². The highest BCUT2D eigenvalue weighted by molar-refractivity contribution is 6.30. The van der Waals surface area contributed by atoms with Crippen LogP contribution in [-0.2, 0) is 19.5 Å². The van der Waals surface area contributed by atoms with Crippen LogP contribution in [0, 0.1) is 5.82 Å². The molecular weight excluding hydrogens is 501 g/mol. The largest absolute Gasteiger partial charge is 0.493 e. The molecule has 37 heavy (non-hydrogen) atoms. The van der Waals surface area contributed by atoms with Crippen molar-refractivity contribution < 1.29 is 28.8 Å². The number of aromatic nitrogens is 2. The van der Waals surface area contributed by atoms with Gasteiger partial charge in [0, 0.05) is 44.5 Å². The summed E-state index contributed by atoms with van der Waals surface area (Å²) in [5.74, 6) is 1.92. The summed E-state index contributed by atoms with van der Waals surface area (Å²) >= 11 is 5.72. The lowest BCUT2D eigenvalue weighted by Crippen LogP contribution is -2.59. The summed E-state index contributed by atoms with van der Waals surface area (Å²) < 4.78 is 32.9. The van der Waals surface area contributed by atoms with Gasteiger partial charge in [0.05, 0.1) is 24.8 Å². The van der Waals surface area contributed by atoms with E-state index in [9.17, 15) is 14.6 Å². The molecule has 200 valence electrons. The van der Waals surface area contributed by atoms with Crippen LogP contribution in [0.1, 0.15) is 24.7 Å². The SMILES string of the molecule is CCc1nccn1CCOc1ccc(CN2CC[C@H](O)[C@@](O)(COc3ccc(Cl)c(F)c3)C2)cc1OC. The van der Waals surface area contributed by atoms with Crippen molar-refractivity contribution in [2.45, 2.75) is 44.6 Å². The van der Waals surface area contributed by atoms with Gasteiger partial charge < -0.3 is 29.0 Å². The molecule has 4 rings (SSSR count). The second-order valence-electron chi connectivity index (χ2n) is 9.21. The second kappa shape index (κ2) is 12.1. The number of methoxy groups -OCH3 is 1. The molecule has 2 aromatic carbocycles. The van der Waals surface area contributed by atoms with Crippen molar-refractivity contribution in [3.8, 4) is 17.2 Å². The molecule has 0 saturated carbocycles. The monoisotopic (exact) mass is 533 g/mol. The van der Waals surface area contributed by atoms with Gasteiger partial charge in [-0.15, -0.1) is 0 Å². The van der Waals surface area contributed by atoms with Crippen molar-refractivity contribution in [2.24, 2.45) is 0 Å². The van der Waals surface area contributed by atoms with E-state index >= 15 is 0 Å². The van der Waals surface area contributed by atoms with E-state index in [2.05, 4.69) is 16.5 Å². The Balaban J connectivity index is 1.35. The molecule has 1 aromatic heterocycles. The van der Waals surface area contributed by atoms with E-state index in [-0.39, 0.29) is 23.9 Å². The van der Waals surface area contributed by atoms with Gasteiger partial charge in [-0.3, -0.25) is 4.90 Å². The molecule has 0 amide bonds. The topological polar surface area (TPSA) is 89.2 Å². The van der Waals surface area contributed by atoms with Gasteiger partial charge in [0.25, 0.3) is 0 Å². The second-order valence-corrected chi connectivity index (χ2v) is 9.61. The number of nitrogens with zero attached hydrogens (tertiary/aromatic N) is 3. The average Bonchev–Trinajstić information content (AvgIpc) is 3.35. The van der Waals surface area contributed by atoms with Gasteiger partial charge in [0.1, 0.15) is 36.2 Å². The summed E-state index contributed by atoms with van der Waals surface area (Å²) in [5, 5.41) is 21.6. The van der Waals surface area contributed by atoms with Crippen molar-refractivity contribution in [1.29, 1.82) is 0 Å². The standard InChI is InChI=1S/C27H33ClFN3O5/c1-3-26-30-9-11-32(26)12-13-36-23-7-4-19(14-24(23)35-2)16-31-10-8-25(33)27(34,17-31)18-37-20-5-6-21(28)22(29)15-20/h4-7,9,11,14-15,25,33-34H,3,8,10,12-13,16-18H2,1-2H3/t25-,27-/m0/s1. The van der Waals surface area contributed by atoms with Gasteiger partial charge >= 0.3 is 0 Å². The van der Waals surface area contributed by atoms with E-state index in [1.54, 1.807) is 13.3 Å². The molecule has 8 nitrogen and oxygen atoms in total. The highest BCUT2D eigenvalue weighted by Crippen LogP contribution is 2.30. The predicted octanol–water partition coefficient (Wildman–Crippen LogP) is 3.70. The van der Waals surface area contributed by atoms with Crippen molar-refractivity contribution in [1.82, 2.24) is 14.5 Å². The zero-order chi connectivity index (χ0) is 26.4. The summed E-state index contributed by atoms with van der Waals surface area (Å²) in [4.78, 5) is 6.37. The van der Waals surface area contributed by atoms with E-state index in [0.29, 0.717) is 44.2 Å². The fraction of sp³-hybridized carbons (Fsp3) is 0.444. The Bertz CT molecular complexity index is 1190. The molecule has 0 spiro atoms. The number of ether oxygens (including phenoxy) is 3. The molecule has 1 saturated heterocycles. The Kier molecular flexibility index (Phi) is 8.91. The minimum Gasteiger partial charge on any atom is -0.493 e. The molecule has 3 aromatic rings. The Morgan fingerprint density at radius 3 is 2.78 bits per heavy atom. The summed E-state index contributed by atoms with van der Waals surface area (Å²) in [6.45, 7) is 4.38. The molecular formula is C27H33ClFN3O5. The fourth-order valence-corrected chi connectivity index (χ4v) is 4.61. The molecule has 0 aliphatic carbocycles. The summed E-state index contributed by atoms with van der Waals surface area (Å²) in [5.41, 5.74) is -0.530. The first-order valence-electron chi connectivity index (χ1n) is 12.3. The molecule has 1 aliphatic heterocycles. The van der Waals surface area contributed by atoms with Crippen LogP contribution in [0.4, 0.5) is 4.39 Å². The third kappa shape index (κ3) is 6.73. The Hall–Kier alpha value is -2.85. The van der Waals surface area contributed by atoms with E-state index in [4.69, 9.17) is 25.8 Å². The average molecular weight is 534 g/mol. The van der Waals surface area contributed by atoms with Gasteiger partial charge in [-0.1, -0.05) is 24.6 Å². The molecule has 2 heterocycles. The number of aliphatic hydroxyl groups is 2. The highest BCUT2D eigenvalue weighted by atomic mass is 35.5. The summed E-state index contributed by atoms with van der Waals surface area (Å²) in [6, 6.07) is 9.83. The molecule has 2 atom stereocenters. The fourth-order valence-electron chi connectivity index (χ4n) is 4.50. The van der Waals surface area contributed by atoms with Crippen molar-refractivity contribution in [3.05, 3.63) is 71.0 Å². The number of imidazole rings is 1. The summed E-state index contributed by atoms with van der Waals surface area (Å²) in [7, 11) is 1.60. The predicted molar refractivity (Wildman–Crippen MR) is 138 cm³/mol. The zero-order valence-electron chi connectivity index (χ0n) is 21.1. The first kappa shape index (κ1) is 27.2. The van der Waals surface area contributed by atoms with E-state index in [1.807, 2.05) is 29.3 Å². The van der Waals surface area contributed by atoms with Gasteiger partial charge in [0.2, 0.25) is 0 Å². The number of hydrogen-bond donors (Lipinski definition) is 2. The smallest absolute Gasteiger partial charge is 0.161 e. The van der Waals surface area contributed by atoms with Gasteiger partial charge in [-0.05, 0) is 36.2 Å². The maximum absolute atomic E-state index is 13.7. The number of rotatable bonds is 11. The molecule has 0 bridgehead atoms. The number of piperidine rings is 1. The Morgan fingerprint density at radius 1 is 1.19 bits per heavy atom. The number of aryl methyl sites for hydroxylation is 1. The number of benzene rings is 2. The molecule has 1 fully saturated rings. The number of aliphatic hydroxyl groups excluding tert-OH is 1. The Labute approximate surface area is 221 Å². The highest BCUT2D eigenvalue weighted by Gasteiger charge is 2.42. The van der Waals surface area contributed by atoms with Crippen LogP contribution in [0.15, 0.2) is 48.8 Å². The lowest BCUT2D eigenvalue weighted by atomic mass is 9.90. The van der Waals surface area contributed by atoms with Crippen LogP contribution < -0.4 is 14.2 Å². The van der Waals surface area contributed by atoms with Gasteiger partial charge in [0.15, 0.2) is 11.5 Å². The third-order valence-corrected chi connectivity index (χ3v) is 6.86. The lowest BCUT2D eigenvalue weighted by Gasteiger charge is -2.42. The molecule has 10 heteroatoms. The first-order valence-corrected chi connectivity index (χ1v) is 12.7. The van der Waals surface area contributed by atoms with Crippen molar-refractivity contribution >= 4 is 11.6 Å². The van der Waals surface area contributed by atoms with Crippen molar-refractivity contribution in [3.63, 3.8) is 0 Å². The molecule has 0 unspecified atom stereocenters. The maximum Gasteiger partial charge on any atom is 0.161 e. The van der Waals surface area contributed by atoms with Crippen LogP contribution in [0.2, 0.25) is 5.02 Å². The van der Waals surface area contributed by atoms with Crippen LogP contribution in [0.5, 0.6) is 17.2 Å². The molecule has 1 aliphatic rings. The number of β-amino-alcohol motifs (C(OH)–C–C–N with tert-alkyl or cyclic N) is 1. The number of hydrogen-bond acceptors (Lipinski definition) is 7. The Morgan fingerprint density at radius 2 is 2.03 bits per heavy atom. The number of halogens is 2. The van der Waals surface area contributed by atoms with E-state index in [0.717, 1.165) is 23.9 Å².